The maximum Gasteiger partial charge on any atom is 0.288 e. The zero-order valence-electron chi connectivity index (χ0n) is 11.5. The highest BCUT2D eigenvalue weighted by Crippen LogP contribution is 2.27. The molecule has 0 aromatic heterocycles. The Hall–Kier alpha value is -2.11. The van der Waals surface area contributed by atoms with Crippen molar-refractivity contribution in [2.75, 3.05) is 12.4 Å². The highest BCUT2D eigenvalue weighted by atomic mass is 35.5. The van der Waals surface area contributed by atoms with Gasteiger partial charge in [-0.2, -0.15) is 0 Å². The Kier molecular flexibility index (Phi) is 5.14. The number of nitrogens with zero attached hydrogens (tertiary/aromatic N) is 1. The van der Waals surface area contributed by atoms with E-state index in [2.05, 4.69) is 5.32 Å². The van der Waals surface area contributed by atoms with Crippen LogP contribution in [0.4, 0.5) is 11.4 Å². The minimum Gasteiger partial charge on any atom is -0.381 e. The summed E-state index contributed by atoms with van der Waals surface area (Å²) in [6.45, 7) is 1.13. The van der Waals surface area contributed by atoms with E-state index in [9.17, 15) is 10.1 Å². The zero-order valence-corrected chi connectivity index (χ0v) is 12.3. The quantitative estimate of drug-likeness (QED) is 0.647. The molecule has 0 fully saturated rings. The fourth-order valence-corrected chi connectivity index (χ4v) is 2.24. The largest absolute Gasteiger partial charge is 0.381 e. The van der Waals surface area contributed by atoms with Crippen molar-refractivity contribution in [3.8, 4) is 0 Å². The van der Waals surface area contributed by atoms with Crippen molar-refractivity contribution in [2.45, 2.75) is 13.2 Å². The highest BCUT2D eigenvalue weighted by molar-refractivity contribution is 6.32. The van der Waals surface area contributed by atoms with Crippen LogP contribution in [0.3, 0.4) is 0 Å². The van der Waals surface area contributed by atoms with Gasteiger partial charge in [-0.3, -0.25) is 10.1 Å². The molecule has 21 heavy (non-hydrogen) atoms. The van der Waals surface area contributed by atoms with Gasteiger partial charge in [-0.1, -0.05) is 35.9 Å². The van der Waals surface area contributed by atoms with E-state index in [1.165, 1.54) is 6.07 Å². The summed E-state index contributed by atoms with van der Waals surface area (Å²) in [6, 6.07) is 12.5. The monoisotopic (exact) mass is 306 g/mol. The Balaban J connectivity index is 2.10. The molecular formula is C15H15ClN2O3. The van der Waals surface area contributed by atoms with E-state index in [0.29, 0.717) is 13.2 Å². The summed E-state index contributed by atoms with van der Waals surface area (Å²) >= 11 is 5.89. The van der Waals surface area contributed by atoms with Crippen molar-refractivity contribution < 1.29 is 9.66 Å². The number of hydrogen-bond acceptors (Lipinski definition) is 4. The van der Waals surface area contributed by atoms with E-state index >= 15 is 0 Å². The summed E-state index contributed by atoms with van der Waals surface area (Å²) in [5, 5.41) is 14.0. The third-order valence-corrected chi connectivity index (χ3v) is 3.35. The number of rotatable bonds is 6. The third kappa shape index (κ3) is 3.93. The first kappa shape index (κ1) is 15.3. The molecule has 0 atom stereocenters. The molecule has 0 amide bonds. The van der Waals surface area contributed by atoms with Crippen molar-refractivity contribution in [1.82, 2.24) is 0 Å². The summed E-state index contributed by atoms with van der Waals surface area (Å²) in [4.78, 5) is 10.2. The van der Waals surface area contributed by atoms with Crippen LogP contribution in [0.5, 0.6) is 0 Å². The molecule has 5 nitrogen and oxygen atoms in total. The van der Waals surface area contributed by atoms with Crippen LogP contribution in [0.1, 0.15) is 11.1 Å². The number of halogens is 1. The molecule has 110 valence electrons. The number of methoxy groups -OCH3 is 1. The molecule has 0 aliphatic rings. The molecule has 0 unspecified atom stereocenters. The van der Waals surface area contributed by atoms with Gasteiger partial charge < -0.3 is 10.1 Å². The van der Waals surface area contributed by atoms with Crippen LogP contribution in [-0.2, 0) is 17.9 Å². The molecule has 0 aliphatic heterocycles. The first-order valence-electron chi connectivity index (χ1n) is 6.35. The molecular weight excluding hydrogens is 292 g/mol. The van der Waals surface area contributed by atoms with E-state index in [0.717, 1.165) is 16.8 Å². The predicted octanol–water partition coefficient (Wildman–Crippen LogP) is 4.01. The topological polar surface area (TPSA) is 64.4 Å². The van der Waals surface area contributed by atoms with E-state index in [-0.39, 0.29) is 10.7 Å². The second-order valence-corrected chi connectivity index (χ2v) is 4.89. The van der Waals surface area contributed by atoms with Crippen LogP contribution in [-0.4, -0.2) is 12.0 Å². The number of nitro benzene ring substituents is 1. The van der Waals surface area contributed by atoms with Gasteiger partial charge >= 0.3 is 0 Å². The smallest absolute Gasteiger partial charge is 0.288 e. The van der Waals surface area contributed by atoms with Gasteiger partial charge in [0.15, 0.2) is 0 Å². The lowest BCUT2D eigenvalue weighted by atomic mass is 10.1. The minimum absolute atomic E-state index is 0.0954. The third-order valence-electron chi connectivity index (χ3n) is 3.05. The summed E-state index contributed by atoms with van der Waals surface area (Å²) in [6.07, 6.45) is 0. The predicted molar refractivity (Wildman–Crippen MR) is 82.6 cm³/mol. The van der Waals surface area contributed by atoms with Crippen LogP contribution in [0, 0.1) is 10.1 Å². The average Bonchev–Trinajstić information content (AvgIpc) is 2.46. The van der Waals surface area contributed by atoms with E-state index in [1.54, 1.807) is 19.2 Å². The minimum atomic E-state index is -0.500. The zero-order chi connectivity index (χ0) is 15.2. The highest BCUT2D eigenvalue weighted by Gasteiger charge is 2.12. The normalized spacial score (nSPS) is 10.4. The van der Waals surface area contributed by atoms with Gasteiger partial charge in [0.1, 0.15) is 5.02 Å². The summed E-state index contributed by atoms with van der Waals surface area (Å²) in [5.74, 6) is 0. The molecule has 1 N–H and O–H groups in total. The molecule has 2 rings (SSSR count). The second-order valence-electron chi connectivity index (χ2n) is 4.48. The lowest BCUT2D eigenvalue weighted by molar-refractivity contribution is -0.384. The van der Waals surface area contributed by atoms with Crippen LogP contribution in [0.2, 0.25) is 5.02 Å². The van der Waals surface area contributed by atoms with Gasteiger partial charge in [-0.15, -0.1) is 0 Å². The Morgan fingerprint density at radius 1 is 1.24 bits per heavy atom. The maximum atomic E-state index is 10.7. The van der Waals surface area contributed by atoms with Crippen LogP contribution >= 0.6 is 11.6 Å². The summed E-state index contributed by atoms with van der Waals surface area (Å²) < 4.78 is 5.16. The fraction of sp³-hybridized carbons (Fsp3) is 0.200. The molecule has 6 heteroatoms. The first-order valence-corrected chi connectivity index (χ1v) is 6.73. The van der Waals surface area contributed by atoms with Gasteiger partial charge in [-0.05, 0) is 23.3 Å². The van der Waals surface area contributed by atoms with Crippen LogP contribution in [0.15, 0.2) is 42.5 Å². The van der Waals surface area contributed by atoms with Crippen molar-refractivity contribution >= 4 is 23.0 Å². The Morgan fingerprint density at radius 2 is 1.95 bits per heavy atom. The summed E-state index contributed by atoms with van der Waals surface area (Å²) in [5.41, 5.74) is 2.84. The molecule has 0 heterocycles. The maximum absolute atomic E-state index is 10.7. The Labute approximate surface area is 127 Å². The molecule has 0 aliphatic carbocycles. The molecule has 0 radical (unpaired) electrons. The van der Waals surface area contributed by atoms with E-state index < -0.39 is 4.92 Å². The van der Waals surface area contributed by atoms with Crippen molar-refractivity contribution in [2.24, 2.45) is 0 Å². The number of ether oxygens (including phenoxy) is 1. The average molecular weight is 307 g/mol. The number of anilines is 1. The number of nitro groups is 1. The van der Waals surface area contributed by atoms with Gasteiger partial charge in [0.05, 0.1) is 11.5 Å². The molecule has 2 aromatic carbocycles. The molecule has 0 bridgehead atoms. The first-order chi connectivity index (χ1) is 10.1. The lowest BCUT2D eigenvalue weighted by Gasteiger charge is -2.11. The second kappa shape index (κ2) is 7.06. The lowest BCUT2D eigenvalue weighted by Crippen LogP contribution is -2.03. The van der Waals surface area contributed by atoms with Gasteiger partial charge in [0.2, 0.25) is 0 Å². The molecule has 0 saturated carbocycles. The number of nitrogens with one attached hydrogen (secondary N) is 1. The van der Waals surface area contributed by atoms with Crippen LogP contribution in [0.25, 0.3) is 0 Å². The Morgan fingerprint density at radius 3 is 2.57 bits per heavy atom. The van der Waals surface area contributed by atoms with Gasteiger partial charge in [-0.25, -0.2) is 0 Å². The fourth-order valence-electron chi connectivity index (χ4n) is 1.99. The van der Waals surface area contributed by atoms with Crippen LogP contribution < -0.4 is 5.32 Å². The SMILES string of the molecule is COCc1ccccc1CNc1ccc([N+](=O)[O-])c(Cl)c1. The molecule has 0 saturated heterocycles. The van der Waals surface area contributed by atoms with E-state index in [4.69, 9.17) is 16.3 Å². The molecule has 2 aromatic rings. The van der Waals surface area contributed by atoms with Crippen molar-refractivity contribution in [3.63, 3.8) is 0 Å². The van der Waals surface area contributed by atoms with Crippen molar-refractivity contribution in [3.05, 3.63) is 68.7 Å². The molecule has 0 spiro atoms. The Bertz CT molecular complexity index is 647. The van der Waals surface area contributed by atoms with Crippen molar-refractivity contribution in [1.29, 1.82) is 0 Å². The van der Waals surface area contributed by atoms with E-state index in [1.807, 2.05) is 24.3 Å². The van der Waals surface area contributed by atoms with Gasteiger partial charge in [0.25, 0.3) is 5.69 Å². The number of hydrogen-bond donors (Lipinski definition) is 1. The number of benzene rings is 2. The standard InChI is InChI=1S/C15H15ClN2O3/c1-21-10-12-5-3-2-4-11(12)9-17-13-6-7-15(18(19)20)14(16)8-13/h2-8,17H,9-10H2,1H3. The summed E-state index contributed by atoms with van der Waals surface area (Å²) in [7, 11) is 1.65. The van der Waals surface area contributed by atoms with Gasteiger partial charge in [0, 0.05) is 25.4 Å².